The number of nitrogens with one attached hydrogen (secondary N) is 1. The van der Waals surface area contributed by atoms with Crippen LogP contribution in [0.2, 0.25) is 0 Å². The third kappa shape index (κ3) is 5.41. The van der Waals surface area contributed by atoms with Crippen LogP contribution in [-0.2, 0) is 25.2 Å². The maximum Gasteiger partial charge on any atom is 0.416 e. The molecule has 36 heavy (non-hydrogen) atoms. The molecule has 2 aromatic carbocycles. The van der Waals surface area contributed by atoms with E-state index in [2.05, 4.69) is 10.1 Å². The average molecular weight is 520 g/mol. The zero-order chi connectivity index (χ0) is 26.0. The van der Waals surface area contributed by atoms with Crippen molar-refractivity contribution in [3.05, 3.63) is 76.5 Å². The summed E-state index contributed by atoms with van der Waals surface area (Å²) in [6, 6.07) is 11.9. The van der Waals surface area contributed by atoms with Crippen molar-refractivity contribution in [1.82, 2.24) is 5.32 Å². The highest BCUT2D eigenvalue weighted by atomic mass is 32.2. The van der Waals surface area contributed by atoms with E-state index in [9.17, 15) is 22.8 Å². The van der Waals surface area contributed by atoms with Gasteiger partial charge in [0.15, 0.2) is 11.8 Å². The third-order valence-electron chi connectivity index (χ3n) is 5.88. The van der Waals surface area contributed by atoms with Crippen molar-refractivity contribution >= 4 is 34.6 Å². The Balaban J connectivity index is 1.79. The summed E-state index contributed by atoms with van der Waals surface area (Å²) in [5.74, 6) is -1.55. The average Bonchev–Trinajstić information content (AvgIpc) is 3.71. The Morgan fingerprint density at radius 3 is 2.42 bits per heavy atom. The lowest BCUT2D eigenvalue weighted by atomic mass is 9.94. The maximum absolute atomic E-state index is 13.4. The second-order valence-corrected chi connectivity index (χ2v) is 8.95. The van der Waals surface area contributed by atoms with Crippen LogP contribution < -0.4 is 10.2 Å². The van der Waals surface area contributed by atoms with E-state index in [0.29, 0.717) is 22.5 Å². The summed E-state index contributed by atoms with van der Waals surface area (Å²) in [6.45, 7) is 1.91. The van der Waals surface area contributed by atoms with Crippen LogP contribution in [0.25, 0.3) is 0 Å². The van der Waals surface area contributed by atoms with Gasteiger partial charge in [-0.15, -0.1) is 0 Å². The SMILES string of the molecule is COC(=O)COC(=O)C1=C(C)N(c2cccc(C(F)(F)F)c2)C(SC)=NC1c1ccc(C2CN2)cc1. The zero-order valence-corrected chi connectivity index (χ0v) is 20.6. The van der Waals surface area contributed by atoms with E-state index < -0.39 is 36.3 Å². The first-order chi connectivity index (χ1) is 17.1. The number of benzene rings is 2. The fourth-order valence-electron chi connectivity index (χ4n) is 3.93. The Hall–Kier alpha value is -3.31. The molecule has 2 atom stereocenters. The van der Waals surface area contributed by atoms with Crippen LogP contribution in [0.1, 0.15) is 35.7 Å². The molecule has 2 aromatic rings. The first kappa shape index (κ1) is 25.8. The van der Waals surface area contributed by atoms with E-state index in [1.54, 1.807) is 13.2 Å². The van der Waals surface area contributed by atoms with Gasteiger partial charge in [0, 0.05) is 24.0 Å². The van der Waals surface area contributed by atoms with Crippen LogP contribution in [0.3, 0.4) is 0 Å². The van der Waals surface area contributed by atoms with Gasteiger partial charge in [-0.2, -0.15) is 13.2 Å². The molecule has 11 heteroatoms. The van der Waals surface area contributed by atoms with Gasteiger partial charge in [0.1, 0.15) is 6.04 Å². The number of hydrogen-bond acceptors (Lipinski definition) is 8. The predicted octanol–water partition coefficient (Wildman–Crippen LogP) is 4.62. The van der Waals surface area contributed by atoms with Crippen LogP contribution in [0.15, 0.2) is 64.8 Å². The number of carbonyl (C=O) groups is 2. The largest absolute Gasteiger partial charge is 0.466 e. The number of anilines is 1. The van der Waals surface area contributed by atoms with Crippen LogP contribution in [-0.4, -0.2) is 43.6 Å². The number of thioether (sulfide) groups is 1. The van der Waals surface area contributed by atoms with Gasteiger partial charge in [0.25, 0.3) is 0 Å². The predicted molar refractivity (Wildman–Crippen MR) is 130 cm³/mol. The third-order valence-corrected chi connectivity index (χ3v) is 6.53. The topological polar surface area (TPSA) is 90.1 Å². The van der Waals surface area contributed by atoms with E-state index in [-0.39, 0.29) is 11.3 Å². The molecule has 1 N–H and O–H groups in total. The van der Waals surface area contributed by atoms with Crippen LogP contribution in [0.4, 0.5) is 18.9 Å². The number of carbonyl (C=O) groups excluding carboxylic acids is 2. The van der Waals surface area contributed by atoms with Crippen molar-refractivity contribution in [2.45, 2.75) is 25.2 Å². The molecule has 0 aromatic heterocycles. The van der Waals surface area contributed by atoms with Crippen molar-refractivity contribution in [2.75, 3.05) is 31.4 Å². The molecule has 1 saturated heterocycles. The molecule has 0 spiro atoms. The van der Waals surface area contributed by atoms with Gasteiger partial charge in [0.2, 0.25) is 0 Å². The molecule has 0 aliphatic carbocycles. The Morgan fingerprint density at radius 1 is 1.17 bits per heavy atom. The summed E-state index contributed by atoms with van der Waals surface area (Å²) in [7, 11) is 1.17. The summed E-state index contributed by atoms with van der Waals surface area (Å²) in [5.41, 5.74) is 1.65. The van der Waals surface area contributed by atoms with E-state index in [0.717, 1.165) is 24.2 Å². The minimum Gasteiger partial charge on any atom is -0.466 e. The lowest BCUT2D eigenvalue weighted by Crippen LogP contribution is -2.35. The number of allylic oxidation sites excluding steroid dienone is 1. The van der Waals surface area contributed by atoms with Gasteiger partial charge in [0.05, 0.1) is 18.2 Å². The van der Waals surface area contributed by atoms with Gasteiger partial charge in [-0.1, -0.05) is 42.1 Å². The van der Waals surface area contributed by atoms with Gasteiger partial charge in [-0.05, 0) is 42.5 Å². The number of hydrogen-bond donors (Lipinski definition) is 1. The van der Waals surface area contributed by atoms with E-state index in [1.165, 1.54) is 35.9 Å². The highest BCUT2D eigenvalue weighted by Crippen LogP contribution is 2.40. The normalized spacial score (nSPS) is 19.6. The zero-order valence-electron chi connectivity index (χ0n) is 19.8. The summed E-state index contributed by atoms with van der Waals surface area (Å²) in [6.07, 6.45) is -2.78. The van der Waals surface area contributed by atoms with Crippen molar-refractivity contribution in [2.24, 2.45) is 4.99 Å². The minimum absolute atomic E-state index is 0.117. The van der Waals surface area contributed by atoms with Gasteiger partial charge in [-0.25, -0.2) is 14.6 Å². The van der Waals surface area contributed by atoms with Crippen molar-refractivity contribution in [3.8, 4) is 0 Å². The molecule has 7 nitrogen and oxygen atoms in total. The highest BCUT2D eigenvalue weighted by Gasteiger charge is 2.37. The number of aliphatic imine (C=N–C) groups is 1. The number of alkyl halides is 3. The number of nitrogens with zero attached hydrogens (tertiary/aromatic N) is 2. The van der Waals surface area contributed by atoms with Crippen LogP contribution in [0.5, 0.6) is 0 Å². The fourth-order valence-corrected chi connectivity index (χ4v) is 4.57. The van der Waals surface area contributed by atoms with E-state index in [1.807, 2.05) is 24.3 Å². The molecule has 0 bridgehead atoms. The highest BCUT2D eigenvalue weighted by molar-refractivity contribution is 8.13. The molecule has 4 rings (SSSR count). The maximum atomic E-state index is 13.4. The molecule has 2 heterocycles. The number of ether oxygens (including phenoxy) is 2. The van der Waals surface area contributed by atoms with E-state index >= 15 is 0 Å². The Morgan fingerprint density at radius 2 is 1.83 bits per heavy atom. The number of amidine groups is 1. The molecule has 2 aliphatic heterocycles. The summed E-state index contributed by atoms with van der Waals surface area (Å²) in [4.78, 5) is 31.0. The van der Waals surface area contributed by atoms with Crippen molar-refractivity contribution in [3.63, 3.8) is 0 Å². The molecule has 0 amide bonds. The van der Waals surface area contributed by atoms with Crippen LogP contribution in [0, 0.1) is 0 Å². The van der Waals surface area contributed by atoms with Crippen molar-refractivity contribution in [1.29, 1.82) is 0 Å². The molecule has 2 unspecified atom stereocenters. The van der Waals surface area contributed by atoms with Crippen LogP contribution >= 0.6 is 11.8 Å². The number of methoxy groups -OCH3 is 1. The fraction of sp³-hybridized carbons (Fsp3) is 0.320. The molecule has 190 valence electrons. The molecule has 0 radical (unpaired) electrons. The first-order valence-electron chi connectivity index (χ1n) is 11.0. The number of rotatable bonds is 6. The quantitative estimate of drug-likeness (QED) is 0.440. The number of esters is 2. The van der Waals surface area contributed by atoms with Gasteiger partial charge < -0.3 is 14.8 Å². The monoisotopic (exact) mass is 519 g/mol. The first-order valence-corrected chi connectivity index (χ1v) is 12.2. The second kappa shape index (κ2) is 10.4. The summed E-state index contributed by atoms with van der Waals surface area (Å²) >= 11 is 1.24. The Kier molecular flexibility index (Phi) is 7.41. The smallest absolute Gasteiger partial charge is 0.416 e. The standard InChI is InChI=1S/C25H24F3N3O4S/c1-14-21(23(33)35-13-20(32)34-2)22(16-9-7-15(8-10-16)19-12-29-19)30-24(36-3)31(14)18-6-4-5-17(11-18)25(26,27)28/h4-11,19,22,29H,12-13H2,1-3H3. The Bertz CT molecular complexity index is 1220. The lowest BCUT2D eigenvalue weighted by Gasteiger charge is -2.34. The molecule has 0 saturated carbocycles. The number of halogens is 3. The van der Waals surface area contributed by atoms with Gasteiger partial charge >= 0.3 is 18.1 Å². The lowest BCUT2D eigenvalue weighted by molar-refractivity contribution is -0.154. The molecule has 2 aliphatic rings. The molecular weight excluding hydrogens is 495 g/mol. The summed E-state index contributed by atoms with van der Waals surface area (Å²) in [5, 5.41) is 3.64. The summed E-state index contributed by atoms with van der Waals surface area (Å²) < 4.78 is 50.0. The minimum atomic E-state index is -4.54. The Labute approximate surface area is 210 Å². The molecular formula is C25H24F3N3O4S. The van der Waals surface area contributed by atoms with Crippen molar-refractivity contribution < 1.29 is 32.2 Å². The van der Waals surface area contributed by atoms with Gasteiger partial charge in [-0.3, -0.25) is 4.90 Å². The molecule has 1 fully saturated rings. The van der Waals surface area contributed by atoms with E-state index in [4.69, 9.17) is 9.73 Å². The second-order valence-electron chi connectivity index (χ2n) is 8.18.